The maximum Gasteiger partial charge on any atom is 0.0355 e. The molecule has 16 heavy (non-hydrogen) atoms. The second-order valence-electron chi connectivity index (χ2n) is 3.98. The third-order valence-electron chi connectivity index (χ3n) is 2.75. The number of hydrogen-bond donors (Lipinski definition) is 0. The Kier molecular flexibility index (Phi) is 2.26. The van der Waals surface area contributed by atoms with Gasteiger partial charge < -0.3 is 0 Å². The number of thiophene rings is 1. The maximum absolute atomic E-state index is 2.27. The average molecular weight is 224 g/mol. The highest BCUT2D eigenvalue weighted by Crippen LogP contribution is 2.34. The van der Waals surface area contributed by atoms with E-state index in [0.29, 0.717) is 0 Å². The lowest BCUT2D eigenvalue weighted by molar-refractivity contribution is 1.55. The predicted octanol–water partition coefficient (Wildman–Crippen LogP) is 4.89. The molecule has 0 amide bonds. The smallest absolute Gasteiger partial charge is 0.0355 e. The van der Waals surface area contributed by atoms with E-state index in [2.05, 4.69) is 61.6 Å². The minimum Gasteiger partial charge on any atom is -0.135 e. The van der Waals surface area contributed by atoms with Crippen LogP contribution in [-0.4, -0.2) is 0 Å². The van der Waals surface area contributed by atoms with Gasteiger partial charge in [0.15, 0.2) is 0 Å². The third-order valence-corrected chi connectivity index (χ3v) is 3.90. The molecule has 1 aliphatic carbocycles. The first-order valence-corrected chi connectivity index (χ1v) is 6.21. The summed E-state index contributed by atoms with van der Waals surface area (Å²) in [5.41, 5.74) is 2.66. The molecule has 1 heterocycles. The summed E-state index contributed by atoms with van der Waals surface area (Å²) in [4.78, 5) is 1.35. The Hall–Kier alpha value is -1.60. The number of benzene rings is 1. The Bertz CT molecular complexity index is 624. The summed E-state index contributed by atoms with van der Waals surface area (Å²) >= 11 is 1.86. The van der Waals surface area contributed by atoms with Crippen molar-refractivity contribution in [3.63, 3.8) is 0 Å². The summed E-state index contributed by atoms with van der Waals surface area (Å²) in [6, 6.07) is 8.60. The molecule has 0 saturated carbocycles. The van der Waals surface area contributed by atoms with Crippen molar-refractivity contribution in [1.82, 2.24) is 0 Å². The summed E-state index contributed by atoms with van der Waals surface area (Å²) in [6.07, 6.45) is 10.8. The Morgan fingerprint density at radius 2 is 1.81 bits per heavy atom. The van der Waals surface area contributed by atoms with Gasteiger partial charge in [0.1, 0.15) is 0 Å². The zero-order valence-electron chi connectivity index (χ0n) is 9.10. The van der Waals surface area contributed by atoms with Crippen molar-refractivity contribution in [3.05, 3.63) is 58.5 Å². The summed E-state index contributed by atoms with van der Waals surface area (Å²) in [6.45, 7) is 2.14. The van der Waals surface area contributed by atoms with Gasteiger partial charge in [-0.1, -0.05) is 42.0 Å². The van der Waals surface area contributed by atoms with Crippen LogP contribution in [0.3, 0.4) is 0 Å². The average Bonchev–Trinajstić information content (AvgIpc) is 2.60. The molecule has 0 unspecified atom stereocenters. The fourth-order valence-electron chi connectivity index (χ4n) is 1.98. The van der Waals surface area contributed by atoms with E-state index in [1.54, 1.807) is 0 Å². The molecule has 1 aliphatic rings. The second-order valence-corrected chi connectivity index (χ2v) is 5.07. The number of allylic oxidation sites excluding steroid dienone is 4. The highest BCUT2D eigenvalue weighted by atomic mass is 32.1. The van der Waals surface area contributed by atoms with Gasteiger partial charge >= 0.3 is 0 Å². The van der Waals surface area contributed by atoms with Crippen LogP contribution in [-0.2, 0) is 0 Å². The summed E-state index contributed by atoms with van der Waals surface area (Å²) < 4.78 is 1.36. The van der Waals surface area contributed by atoms with Gasteiger partial charge in [-0.2, -0.15) is 0 Å². The number of hydrogen-bond acceptors (Lipinski definition) is 1. The van der Waals surface area contributed by atoms with Gasteiger partial charge in [-0.25, -0.2) is 0 Å². The van der Waals surface area contributed by atoms with Crippen LogP contribution < -0.4 is 0 Å². The largest absolute Gasteiger partial charge is 0.135 e. The van der Waals surface area contributed by atoms with Crippen molar-refractivity contribution < 1.29 is 0 Å². The lowest BCUT2D eigenvalue weighted by Crippen LogP contribution is -1.77. The van der Waals surface area contributed by atoms with Crippen molar-refractivity contribution in [2.45, 2.75) is 6.92 Å². The van der Waals surface area contributed by atoms with Crippen LogP contribution in [0.1, 0.15) is 17.4 Å². The fraction of sp³-hybridized carbons (Fsp3) is 0.0667. The zero-order valence-corrected chi connectivity index (χ0v) is 9.92. The summed E-state index contributed by atoms with van der Waals surface area (Å²) in [7, 11) is 0. The first-order chi connectivity index (χ1) is 7.84. The Morgan fingerprint density at radius 1 is 1.00 bits per heavy atom. The van der Waals surface area contributed by atoms with Crippen molar-refractivity contribution in [2.24, 2.45) is 0 Å². The van der Waals surface area contributed by atoms with Gasteiger partial charge in [0, 0.05) is 20.5 Å². The fourth-order valence-corrected chi connectivity index (χ4v) is 3.08. The monoisotopic (exact) mass is 224 g/mol. The molecule has 0 nitrogen and oxygen atoms in total. The molecular weight excluding hydrogens is 212 g/mol. The molecule has 0 fully saturated rings. The number of fused-ring (bicyclic) bond motifs is 3. The van der Waals surface area contributed by atoms with E-state index in [1.807, 2.05) is 11.3 Å². The van der Waals surface area contributed by atoms with Crippen LogP contribution in [0.4, 0.5) is 0 Å². The zero-order chi connectivity index (χ0) is 11.0. The molecule has 2 aromatic rings. The van der Waals surface area contributed by atoms with E-state index in [1.165, 1.54) is 26.1 Å². The first-order valence-electron chi connectivity index (χ1n) is 5.39. The third kappa shape index (κ3) is 1.54. The normalized spacial score (nSPS) is 21.7. The lowest BCUT2D eigenvalue weighted by Gasteiger charge is -1.99. The van der Waals surface area contributed by atoms with E-state index < -0.39 is 0 Å². The molecule has 1 heteroatoms. The van der Waals surface area contributed by atoms with Crippen molar-refractivity contribution in [1.29, 1.82) is 0 Å². The lowest BCUT2D eigenvalue weighted by atomic mass is 10.1. The molecule has 0 aliphatic heterocycles. The SMILES string of the molecule is CC1=C\c2c(sc3ccccc23)\C=C/C=C/1. The molecular formula is C15H12S. The minimum atomic E-state index is 1.30. The van der Waals surface area contributed by atoms with Gasteiger partial charge in [0.05, 0.1) is 0 Å². The van der Waals surface area contributed by atoms with Gasteiger partial charge in [-0.05, 0) is 25.1 Å². The van der Waals surface area contributed by atoms with Crippen LogP contribution in [0.2, 0.25) is 0 Å². The van der Waals surface area contributed by atoms with E-state index in [9.17, 15) is 0 Å². The molecule has 1 aromatic carbocycles. The van der Waals surface area contributed by atoms with Crippen LogP contribution in [0.25, 0.3) is 22.2 Å². The summed E-state index contributed by atoms with van der Waals surface area (Å²) in [5, 5.41) is 1.36. The molecule has 1 aromatic heterocycles. The Morgan fingerprint density at radius 3 is 2.75 bits per heavy atom. The molecule has 0 atom stereocenters. The van der Waals surface area contributed by atoms with Crippen molar-refractivity contribution in [2.75, 3.05) is 0 Å². The molecule has 0 saturated heterocycles. The Labute approximate surface area is 99.2 Å². The second kappa shape index (κ2) is 3.76. The van der Waals surface area contributed by atoms with E-state index in [4.69, 9.17) is 0 Å². The molecule has 0 N–H and O–H groups in total. The van der Waals surface area contributed by atoms with Gasteiger partial charge in [-0.3, -0.25) is 0 Å². The van der Waals surface area contributed by atoms with Crippen molar-refractivity contribution >= 4 is 33.6 Å². The van der Waals surface area contributed by atoms with Gasteiger partial charge in [0.2, 0.25) is 0 Å². The molecule has 78 valence electrons. The predicted molar refractivity (Wildman–Crippen MR) is 73.7 cm³/mol. The highest BCUT2D eigenvalue weighted by Gasteiger charge is 2.07. The standard InChI is InChI=1S/C15H12S/c1-11-6-2-4-9-15-13(10-11)12-7-3-5-8-14(12)16-15/h2-10H,1H3/b4-2?,6-2+,9-4-,11-6?,11-10-,13-10?,15-9?. The van der Waals surface area contributed by atoms with Gasteiger partial charge in [0.25, 0.3) is 0 Å². The molecule has 0 radical (unpaired) electrons. The van der Waals surface area contributed by atoms with E-state index in [0.717, 1.165) is 0 Å². The van der Waals surface area contributed by atoms with Crippen molar-refractivity contribution in [3.8, 4) is 0 Å². The van der Waals surface area contributed by atoms with Crippen LogP contribution in [0, 0.1) is 0 Å². The molecule has 0 spiro atoms. The Balaban J connectivity index is 2.37. The minimum absolute atomic E-state index is 1.30. The van der Waals surface area contributed by atoms with Crippen LogP contribution in [0.5, 0.6) is 0 Å². The van der Waals surface area contributed by atoms with Crippen LogP contribution in [0.15, 0.2) is 48.1 Å². The van der Waals surface area contributed by atoms with Crippen LogP contribution >= 0.6 is 11.3 Å². The molecule has 3 rings (SSSR count). The van der Waals surface area contributed by atoms with Gasteiger partial charge in [-0.15, -0.1) is 11.3 Å². The quantitative estimate of drug-likeness (QED) is 0.598. The highest BCUT2D eigenvalue weighted by molar-refractivity contribution is 7.20. The topological polar surface area (TPSA) is 0 Å². The maximum atomic E-state index is 2.27. The first kappa shape index (κ1) is 9.61. The molecule has 0 bridgehead atoms. The van der Waals surface area contributed by atoms with E-state index in [-0.39, 0.29) is 0 Å². The number of rotatable bonds is 0. The van der Waals surface area contributed by atoms with E-state index >= 15 is 0 Å². The summed E-state index contributed by atoms with van der Waals surface area (Å²) in [5.74, 6) is 0.